The smallest absolute Gasteiger partial charge is 0.157 e. The molecule has 0 spiro atoms. The predicted molar refractivity (Wildman–Crippen MR) is 97.2 cm³/mol. The lowest BCUT2D eigenvalue weighted by Gasteiger charge is -2.11. The number of hydrogen-bond donors (Lipinski definition) is 0. The molecular weight excluding hydrogens is 340 g/mol. The number of aldehydes is 1. The Labute approximate surface area is 150 Å². The van der Waals surface area contributed by atoms with Crippen LogP contribution in [0.15, 0.2) is 42.7 Å². The zero-order valence-electron chi connectivity index (χ0n) is 14.1. The summed E-state index contributed by atoms with van der Waals surface area (Å²) in [5.41, 5.74) is 4.05. The largest absolute Gasteiger partial charge is 0.496 e. The number of benzene rings is 2. The van der Waals surface area contributed by atoms with Crippen molar-refractivity contribution >= 4 is 17.9 Å². The summed E-state index contributed by atoms with van der Waals surface area (Å²) in [5.74, 6) is 0.862. The van der Waals surface area contributed by atoms with Crippen molar-refractivity contribution < 1.29 is 14.3 Å². The van der Waals surface area contributed by atoms with Crippen molar-refractivity contribution in [3.63, 3.8) is 0 Å². The van der Waals surface area contributed by atoms with Crippen LogP contribution < -0.4 is 9.47 Å². The van der Waals surface area contributed by atoms with E-state index < -0.39 is 0 Å². The molecule has 0 radical (unpaired) electrons. The van der Waals surface area contributed by atoms with Crippen molar-refractivity contribution in [2.45, 2.75) is 6.92 Å². The molecule has 3 aromatic rings. The molecule has 0 aliphatic rings. The molecule has 0 unspecified atom stereocenters. The van der Waals surface area contributed by atoms with E-state index >= 15 is 0 Å². The van der Waals surface area contributed by atoms with Gasteiger partial charge in [0.25, 0.3) is 0 Å². The maximum Gasteiger partial charge on any atom is 0.157 e. The van der Waals surface area contributed by atoms with Crippen LogP contribution in [0.5, 0.6) is 11.5 Å². The van der Waals surface area contributed by atoms with E-state index in [4.69, 9.17) is 21.1 Å². The SMILES string of the molecule is COc1cc(-n2cc(-c3cccc(Cl)c3C)cn2)cc(OC)c1C=O. The van der Waals surface area contributed by atoms with Crippen molar-refractivity contribution in [2.75, 3.05) is 14.2 Å². The number of carbonyl (C=O) groups is 1. The molecule has 0 bridgehead atoms. The van der Waals surface area contributed by atoms with E-state index in [1.807, 2.05) is 31.3 Å². The van der Waals surface area contributed by atoms with Crippen LogP contribution >= 0.6 is 11.6 Å². The van der Waals surface area contributed by atoms with E-state index in [-0.39, 0.29) is 0 Å². The topological polar surface area (TPSA) is 53.4 Å². The van der Waals surface area contributed by atoms with E-state index in [2.05, 4.69) is 5.10 Å². The van der Waals surface area contributed by atoms with Gasteiger partial charge in [0.1, 0.15) is 11.5 Å². The third-order valence-electron chi connectivity index (χ3n) is 4.07. The Bertz CT molecular complexity index is 909. The average Bonchev–Trinajstić information content (AvgIpc) is 3.12. The molecule has 0 saturated heterocycles. The van der Waals surface area contributed by atoms with Crippen LogP contribution in [-0.2, 0) is 0 Å². The lowest BCUT2D eigenvalue weighted by Crippen LogP contribution is -2.01. The lowest BCUT2D eigenvalue weighted by molar-refractivity contribution is 0.111. The van der Waals surface area contributed by atoms with Crippen molar-refractivity contribution in [1.29, 1.82) is 0 Å². The first-order valence-corrected chi connectivity index (χ1v) is 7.98. The van der Waals surface area contributed by atoms with Gasteiger partial charge in [0.2, 0.25) is 0 Å². The highest BCUT2D eigenvalue weighted by atomic mass is 35.5. The number of hydrogen-bond acceptors (Lipinski definition) is 4. The minimum absolute atomic E-state index is 0.367. The van der Waals surface area contributed by atoms with Crippen molar-refractivity contribution in [3.05, 3.63) is 58.9 Å². The van der Waals surface area contributed by atoms with Crippen molar-refractivity contribution in [2.24, 2.45) is 0 Å². The molecule has 0 atom stereocenters. The zero-order valence-corrected chi connectivity index (χ0v) is 14.9. The zero-order chi connectivity index (χ0) is 18.0. The molecule has 3 rings (SSSR count). The number of carbonyl (C=O) groups excluding carboxylic acids is 1. The molecule has 1 aromatic heterocycles. The molecule has 0 aliphatic carbocycles. The highest BCUT2D eigenvalue weighted by Gasteiger charge is 2.14. The number of ether oxygens (including phenoxy) is 2. The first-order valence-electron chi connectivity index (χ1n) is 7.60. The van der Waals surface area contributed by atoms with Crippen LogP contribution in [0, 0.1) is 6.92 Å². The van der Waals surface area contributed by atoms with Crippen LogP contribution in [0.25, 0.3) is 16.8 Å². The Hall–Kier alpha value is -2.79. The molecular formula is C19H17ClN2O3. The van der Waals surface area contributed by atoms with Gasteiger partial charge in [-0.2, -0.15) is 5.10 Å². The molecule has 0 fully saturated rings. The van der Waals surface area contributed by atoms with Gasteiger partial charge < -0.3 is 9.47 Å². The third-order valence-corrected chi connectivity index (χ3v) is 4.48. The van der Waals surface area contributed by atoms with Gasteiger partial charge in [-0.25, -0.2) is 4.68 Å². The second-order valence-corrected chi connectivity index (χ2v) is 5.87. The fourth-order valence-corrected chi connectivity index (χ4v) is 2.87. The average molecular weight is 357 g/mol. The summed E-state index contributed by atoms with van der Waals surface area (Å²) < 4.78 is 12.3. The number of halogens is 1. The summed E-state index contributed by atoms with van der Waals surface area (Å²) in [7, 11) is 3.02. The maximum atomic E-state index is 11.3. The van der Waals surface area contributed by atoms with Crippen molar-refractivity contribution in [3.8, 4) is 28.3 Å². The summed E-state index contributed by atoms with van der Waals surface area (Å²) in [5, 5.41) is 5.13. The second kappa shape index (κ2) is 6.99. The highest BCUT2D eigenvalue weighted by molar-refractivity contribution is 6.31. The van der Waals surface area contributed by atoms with Gasteiger partial charge >= 0.3 is 0 Å². The van der Waals surface area contributed by atoms with Crippen LogP contribution in [0.4, 0.5) is 0 Å². The van der Waals surface area contributed by atoms with Crippen LogP contribution in [0.3, 0.4) is 0 Å². The third kappa shape index (κ3) is 3.10. The van der Waals surface area contributed by atoms with E-state index in [1.165, 1.54) is 14.2 Å². The molecule has 0 saturated carbocycles. The Morgan fingerprint density at radius 3 is 2.44 bits per heavy atom. The number of aromatic nitrogens is 2. The predicted octanol–water partition coefficient (Wildman–Crippen LogP) is 4.33. The van der Waals surface area contributed by atoms with Crippen molar-refractivity contribution in [1.82, 2.24) is 9.78 Å². The summed E-state index contributed by atoms with van der Waals surface area (Å²) >= 11 is 6.21. The standard InChI is InChI=1S/C19H17ClN2O3/c1-12-15(5-4-6-17(12)20)13-9-21-22(10-13)14-7-18(24-2)16(11-23)19(8-14)25-3/h4-11H,1-3H3. The minimum atomic E-state index is 0.367. The number of rotatable bonds is 5. The van der Waals surface area contributed by atoms with Gasteiger partial charge in [-0.05, 0) is 24.1 Å². The molecule has 128 valence electrons. The Morgan fingerprint density at radius 2 is 1.84 bits per heavy atom. The van der Waals surface area contributed by atoms with Gasteiger partial charge in [0.05, 0.1) is 31.7 Å². The Balaban J connectivity index is 2.08. The van der Waals surface area contributed by atoms with E-state index in [1.54, 1.807) is 23.0 Å². The van der Waals surface area contributed by atoms with Crippen LogP contribution in [-0.4, -0.2) is 30.3 Å². The van der Waals surface area contributed by atoms with Gasteiger partial charge in [0, 0.05) is 28.9 Å². The normalized spacial score (nSPS) is 10.6. The van der Waals surface area contributed by atoms with E-state index in [0.29, 0.717) is 28.4 Å². The molecule has 2 aromatic carbocycles. The minimum Gasteiger partial charge on any atom is -0.496 e. The first-order chi connectivity index (χ1) is 12.1. The molecule has 6 heteroatoms. The monoisotopic (exact) mass is 356 g/mol. The molecule has 1 heterocycles. The fourth-order valence-electron chi connectivity index (χ4n) is 2.70. The van der Waals surface area contributed by atoms with Crippen LogP contribution in [0.1, 0.15) is 15.9 Å². The Morgan fingerprint density at radius 1 is 1.16 bits per heavy atom. The quantitative estimate of drug-likeness (QED) is 0.638. The number of methoxy groups -OCH3 is 2. The second-order valence-electron chi connectivity index (χ2n) is 5.47. The van der Waals surface area contributed by atoms with Crippen LogP contribution in [0.2, 0.25) is 5.02 Å². The molecule has 5 nitrogen and oxygen atoms in total. The van der Waals surface area contributed by atoms with Gasteiger partial charge in [-0.3, -0.25) is 4.79 Å². The summed E-state index contributed by atoms with van der Waals surface area (Å²) in [6, 6.07) is 9.26. The lowest BCUT2D eigenvalue weighted by atomic mass is 10.0. The van der Waals surface area contributed by atoms with Gasteiger partial charge in [0.15, 0.2) is 6.29 Å². The van der Waals surface area contributed by atoms with Gasteiger partial charge in [-0.1, -0.05) is 23.7 Å². The summed E-state index contributed by atoms with van der Waals surface area (Å²) in [4.78, 5) is 11.3. The summed E-state index contributed by atoms with van der Waals surface area (Å²) in [6.07, 6.45) is 4.38. The van der Waals surface area contributed by atoms with Gasteiger partial charge in [-0.15, -0.1) is 0 Å². The number of nitrogens with zero attached hydrogens (tertiary/aromatic N) is 2. The van der Waals surface area contributed by atoms with E-state index in [9.17, 15) is 4.79 Å². The summed E-state index contributed by atoms with van der Waals surface area (Å²) in [6.45, 7) is 1.97. The maximum absolute atomic E-state index is 11.3. The first kappa shape index (κ1) is 17.0. The molecule has 0 N–H and O–H groups in total. The van der Waals surface area contributed by atoms with E-state index in [0.717, 1.165) is 22.4 Å². The Kier molecular flexibility index (Phi) is 4.76. The molecule has 0 amide bonds. The molecule has 25 heavy (non-hydrogen) atoms. The highest BCUT2D eigenvalue weighted by Crippen LogP contribution is 2.32. The molecule has 0 aliphatic heterocycles. The fraction of sp³-hybridized carbons (Fsp3) is 0.158.